The molecule has 0 unspecified atom stereocenters. The van der Waals surface area contributed by atoms with E-state index in [0.29, 0.717) is 24.9 Å². The number of halogens is 2. The number of aliphatic imine (C=N–C) groups is 1. The van der Waals surface area contributed by atoms with E-state index in [0.717, 1.165) is 31.7 Å². The second-order valence-corrected chi connectivity index (χ2v) is 7.53. The Balaban J connectivity index is 1.92. The van der Waals surface area contributed by atoms with E-state index in [2.05, 4.69) is 20.4 Å². The third kappa shape index (κ3) is 7.63. The molecule has 0 bridgehead atoms. The number of benzene rings is 1. The molecule has 0 spiro atoms. The number of rotatable bonds is 12. The second kappa shape index (κ2) is 12.6. The van der Waals surface area contributed by atoms with Crippen LogP contribution in [0, 0.1) is 5.41 Å². The molecule has 0 heterocycles. The van der Waals surface area contributed by atoms with E-state index in [1.165, 1.54) is 31.7 Å². The molecule has 2 rings (SSSR count). The summed E-state index contributed by atoms with van der Waals surface area (Å²) in [5, 5.41) is 6.74. The summed E-state index contributed by atoms with van der Waals surface area (Å²) in [6.07, 6.45) is 5.97. The molecule has 1 aliphatic rings. The quantitative estimate of drug-likeness (QED) is 0.295. The maximum atomic E-state index is 12.6. The zero-order chi connectivity index (χ0) is 21.8. The van der Waals surface area contributed by atoms with Crippen LogP contribution in [0.5, 0.6) is 11.5 Å². The maximum absolute atomic E-state index is 12.6. The third-order valence-electron chi connectivity index (χ3n) is 5.48. The standard InChI is InChI=1S/C22H35F2N3O3/c1-4-28-13-12-22(10-6-7-11-22)16-27-21(25-3)26-15-17-8-9-18(30-20(23)24)19(14-17)29-5-2/h8-9,14,20H,4-7,10-13,15-16H2,1-3H3,(H2,25,26,27). The minimum Gasteiger partial charge on any atom is -0.490 e. The first-order valence-electron chi connectivity index (χ1n) is 10.7. The zero-order valence-corrected chi connectivity index (χ0v) is 18.3. The third-order valence-corrected chi connectivity index (χ3v) is 5.48. The maximum Gasteiger partial charge on any atom is 0.387 e. The highest BCUT2D eigenvalue weighted by molar-refractivity contribution is 5.79. The molecule has 2 N–H and O–H groups in total. The minimum atomic E-state index is -2.89. The monoisotopic (exact) mass is 427 g/mol. The van der Waals surface area contributed by atoms with Crippen molar-refractivity contribution in [3.63, 3.8) is 0 Å². The van der Waals surface area contributed by atoms with Crippen LogP contribution in [0.2, 0.25) is 0 Å². The first-order valence-corrected chi connectivity index (χ1v) is 10.7. The molecular formula is C22H35F2N3O3. The lowest BCUT2D eigenvalue weighted by atomic mass is 9.83. The average Bonchev–Trinajstić information content (AvgIpc) is 3.19. The van der Waals surface area contributed by atoms with Gasteiger partial charge < -0.3 is 24.8 Å². The summed E-state index contributed by atoms with van der Waals surface area (Å²) in [6.45, 7) is 4.17. The SMILES string of the molecule is CCOCCC1(CNC(=NC)NCc2ccc(OC(F)F)c(OCC)c2)CCCC1. The fraction of sp³-hybridized carbons (Fsp3) is 0.682. The van der Waals surface area contributed by atoms with Crippen molar-refractivity contribution in [3.8, 4) is 11.5 Å². The summed E-state index contributed by atoms with van der Waals surface area (Å²) in [4.78, 5) is 4.32. The summed E-state index contributed by atoms with van der Waals surface area (Å²) in [7, 11) is 1.74. The molecule has 0 atom stereocenters. The van der Waals surface area contributed by atoms with Gasteiger partial charge in [0.25, 0.3) is 0 Å². The summed E-state index contributed by atoms with van der Waals surface area (Å²) in [6, 6.07) is 4.95. The van der Waals surface area contributed by atoms with E-state index in [1.807, 2.05) is 6.92 Å². The molecule has 170 valence electrons. The largest absolute Gasteiger partial charge is 0.490 e. The summed E-state index contributed by atoms with van der Waals surface area (Å²) < 4.78 is 40.7. The van der Waals surface area contributed by atoms with E-state index in [4.69, 9.17) is 9.47 Å². The van der Waals surface area contributed by atoms with Gasteiger partial charge in [-0.05, 0) is 56.2 Å². The normalized spacial score (nSPS) is 16.0. The summed E-state index contributed by atoms with van der Waals surface area (Å²) in [5.74, 6) is 1.06. The van der Waals surface area contributed by atoms with Gasteiger partial charge >= 0.3 is 6.61 Å². The van der Waals surface area contributed by atoms with Crippen molar-refractivity contribution in [3.05, 3.63) is 23.8 Å². The highest BCUT2D eigenvalue weighted by atomic mass is 19.3. The van der Waals surface area contributed by atoms with Crippen LogP contribution >= 0.6 is 0 Å². The van der Waals surface area contributed by atoms with E-state index in [1.54, 1.807) is 26.1 Å². The smallest absolute Gasteiger partial charge is 0.387 e. The zero-order valence-electron chi connectivity index (χ0n) is 18.3. The topological polar surface area (TPSA) is 64.1 Å². The van der Waals surface area contributed by atoms with E-state index in [-0.39, 0.29) is 11.2 Å². The van der Waals surface area contributed by atoms with Gasteiger partial charge in [0.1, 0.15) is 0 Å². The van der Waals surface area contributed by atoms with Crippen LogP contribution in [0.25, 0.3) is 0 Å². The average molecular weight is 428 g/mol. The van der Waals surface area contributed by atoms with E-state index < -0.39 is 6.61 Å². The van der Waals surface area contributed by atoms with Gasteiger partial charge in [-0.3, -0.25) is 4.99 Å². The van der Waals surface area contributed by atoms with E-state index in [9.17, 15) is 8.78 Å². The Morgan fingerprint density at radius 2 is 1.90 bits per heavy atom. The molecule has 1 saturated carbocycles. The molecule has 30 heavy (non-hydrogen) atoms. The molecular weight excluding hydrogens is 392 g/mol. The van der Waals surface area contributed by atoms with Gasteiger partial charge in [-0.15, -0.1) is 0 Å². The lowest BCUT2D eigenvalue weighted by Crippen LogP contribution is -2.43. The fourth-order valence-electron chi connectivity index (χ4n) is 3.87. The molecule has 1 aliphatic carbocycles. The minimum absolute atomic E-state index is 0.0376. The van der Waals surface area contributed by atoms with Gasteiger partial charge in [-0.25, -0.2) is 0 Å². The first kappa shape index (κ1) is 24.2. The number of guanidine groups is 1. The van der Waals surface area contributed by atoms with Crippen molar-refractivity contribution in [1.29, 1.82) is 0 Å². The Hall–Kier alpha value is -2.09. The van der Waals surface area contributed by atoms with Crippen molar-refractivity contribution in [1.82, 2.24) is 10.6 Å². The predicted octanol–water partition coefficient (Wildman–Crippen LogP) is 4.34. The van der Waals surface area contributed by atoms with Crippen LogP contribution in [-0.2, 0) is 11.3 Å². The number of nitrogens with zero attached hydrogens (tertiary/aromatic N) is 1. The van der Waals surface area contributed by atoms with Crippen molar-refractivity contribution in [2.24, 2.45) is 10.4 Å². The number of alkyl halides is 2. The van der Waals surface area contributed by atoms with Crippen LogP contribution in [0.15, 0.2) is 23.2 Å². The van der Waals surface area contributed by atoms with Crippen LogP contribution in [-0.4, -0.2) is 46.0 Å². The number of nitrogens with one attached hydrogen (secondary N) is 2. The van der Waals surface area contributed by atoms with Gasteiger partial charge in [-0.2, -0.15) is 8.78 Å². The van der Waals surface area contributed by atoms with Crippen molar-refractivity contribution >= 4 is 5.96 Å². The molecule has 1 aromatic rings. The lowest BCUT2D eigenvalue weighted by molar-refractivity contribution is -0.0514. The van der Waals surface area contributed by atoms with Crippen molar-refractivity contribution < 1.29 is 23.0 Å². The Morgan fingerprint density at radius 1 is 1.13 bits per heavy atom. The summed E-state index contributed by atoms with van der Waals surface area (Å²) >= 11 is 0. The van der Waals surface area contributed by atoms with Crippen LogP contribution in [0.1, 0.15) is 51.5 Å². The Labute approximate surface area is 178 Å². The highest BCUT2D eigenvalue weighted by Gasteiger charge is 2.33. The van der Waals surface area contributed by atoms with E-state index >= 15 is 0 Å². The van der Waals surface area contributed by atoms with Gasteiger partial charge in [0.05, 0.1) is 6.61 Å². The second-order valence-electron chi connectivity index (χ2n) is 7.53. The van der Waals surface area contributed by atoms with Gasteiger partial charge in [0, 0.05) is 33.4 Å². The van der Waals surface area contributed by atoms with Crippen molar-refractivity contribution in [2.75, 3.05) is 33.4 Å². The molecule has 8 heteroatoms. The van der Waals surface area contributed by atoms with Crippen molar-refractivity contribution in [2.45, 2.75) is 59.1 Å². The Morgan fingerprint density at radius 3 is 2.53 bits per heavy atom. The molecule has 1 aromatic carbocycles. The van der Waals surface area contributed by atoms with Crippen LogP contribution in [0.3, 0.4) is 0 Å². The van der Waals surface area contributed by atoms with Gasteiger partial charge in [-0.1, -0.05) is 18.9 Å². The fourth-order valence-corrected chi connectivity index (χ4v) is 3.87. The molecule has 0 aliphatic heterocycles. The molecule has 0 amide bonds. The molecule has 0 radical (unpaired) electrons. The highest BCUT2D eigenvalue weighted by Crippen LogP contribution is 2.40. The Kier molecular flexibility index (Phi) is 10.1. The van der Waals surface area contributed by atoms with Gasteiger partial charge in [0.2, 0.25) is 0 Å². The molecule has 0 aromatic heterocycles. The van der Waals surface area contributed by atoms with Crippen LogP contribution < -0.4 is 20.1 Å². The van der Waals surface area contributed by atoms with Gasteiger partial charge in [0.15, 0.2) is 17.5 Å². The number of hydrogen-bond donors (Lipinski definition) is 2. The lowest BCUT2D eigenvalue weighted by Gasteiger charge is -2.30. The molecule has 6 nitrogen and oxygen atoms in total. The number of ether oxygens (including phenoxy) is 3. The first-order chi connectivity index (χ1) is 14.5. The molecule has 1 fully saturated rings. The van der Waals surface area contributed by atoms with Crippen LogP contribution in [0.4, 0.5) is 8.78 Å². The molecule has 0 saturated heterocycles. The number of hydrogen-bond acceptors (Lipinski definition) is 4. The summed E-state index contributed by atoms with van der Waals surface area (Å²) in [5.41, 5.74) is 1.14. The Bertz CT molecular complexity index is 665. The predicted molar refractivity (Wildman–Crippen MR) is 114 cm³/mol.